The van der Waals surface area contributed by atoms with Crippen molar-refractivity contribution in [2.75, 3.05) is 0 Å². The van der Waals surface area contributed by atoms with Crippen molar-refractivity contribution in [3.8, 4) is 0 Å². The molecular weight excluding hydrogens is 202 g/mol. The number of alkyl carbamates (subject to hydrolysis) is 1. The molecule has 1 N–H and O–H groups in total. The van der Waals surface area contributed by atoms with E-state index in [1.54, 1.807) is 0 Å². The number of carbonyl (C=O) groups is 1. The highest BCUT2D eigenvalue weighted by atomic mass is 16.6. The minimum Gasteiger partial charge on any atom is -0.444 e. The van der Waals surface area contributed by atoms with Crippen LogP contribution in [0.2, 0.25) is 0 Å². The minimum absolute atomic E-state index is 0.0297. The fourth-order valence-electron chi connectivity index (χ4n) is 2.18. The average molecular weight is 226 g/mol. The lowest BCUT2D eigenvalue weighted by Crippen LogP contribution is -2.38. The highest BCUT2D eigenvalue weighted by molar-refractivity contribution is 5.68. The van der Waals surface area contributed by atoms with Gasteiger partial charge in [-0.25, -0.2) is 4.79 Å². The van der Waals surface area contributed by atoms with Crippen molar-refractivity contribution in [1.29, 1.82) is 0 Å². The van der Waals surface area contributed by atoms with Crippen LogP contribution in [0, 0.1) is 12.8 Å². The van der Waals surface area contributed by atoms with Gasteiger partial charge in [0.15, 0.2) is 0 Å². The van der Waals surface area contributed by atoms with Crippen LogP contribution in [-0.2, 0) is 4.74 Å². The van der Waals surface area contributed by atoms with Crippen molar-refractivity contribution < 1.29 is 9.53 Å². The quantitative estimate of drug-likeness (QED) is 0.802. The van der Waals surface area contributed by atoms with E-state index < -0.39 is 5.60 Å². The van der Waals surface area contributed by atoms with Gasteiger partial charge in [0, 0.05) is 6.04 Å². The van der Waals surface area contributed by atoms with Gasteiger partial charge in [0.05, 0.1) is 0 Å². The molecule has 0 bridgehead atoms. The van der Waals surface area contributed by atoms with Crippen LogP contribution in [0.3, 0.4) is 0 Å². The summed E-state index contributed by atoms with van der Waals surface area (Å²) in [6.45, 7) is 9.55. The summed E-state index contributed by atoms with van der Waals surface area (Å²) in [6.07, 6.45) is 5.82. The molecule has 1 radical (unpaired) electrons. The normalized spacial score (nSPS) is 19.5. The molecule has 0 spiro atoms. The van der Waals surface area contributed by atoms with Crippen molar-refractivity contribution in [1.82, 2.24) is 5.32 Å². The van der Waals surface area contributed by atoms with E-state index >= 15 is 0 Å². The van der Waals surface area contributed by atoms with Crippen LogP contribution in [-0.4, -0.2) is 17.7 Å². The summed E-state index contributed by atoms with van der Waals surface area (Å²) < 4.78 is 5.18. The highest BCUT2D eigenvalue weighted by Gasteiger charge is 2.21. The summed E-state index contributed by atoms with van der Waals surface area (Å²) in [5.74, 6) is 0.734. The number of hydrogen-bond acceptors (Lipinski definition) is 2. The van der Waals surface area contributed by atoms with Gasteiger partial charge in [0.25, 0.3) is 0 Å². The summed E-state index contributed by atoms with van der Waals surface area (Å²) in [7, 11) is 0. The van der Waals surface area contributed by atoms with Crippen molar-refractivity contribution >= 4 is 6.09 Å². The molecule has 1 atom stereocenters. The number of carbonyl (C=O) groups excluding carboxylic acids is 1. The first-order valence-electron chi connectivity index (χ1n) is 6.19. The summed E-state index contributed by atoms with van der Waals surface area (Å²) in [4.78, 5) is 11.5. The molecule has 0 aromatic rings. The Kier molecular flexibility index (Phi) is 4.63. The second-order valence-corrected chi connectivity index (χ2v) is 5.73. The van der Waals surface area contributed by atoms with Gasteiger partial charge in [-0.1, -0.05) is 25.7 Å². The molecule has 16 heavy (non-hydrogen) atoms. The molecule has 1 aliphatic carbocycles. The molecule has 1 fully saturated rings. The van der Waals surface area contributed by atoms with Gasteiger partial charge in [0.1, 0.15) is 5.60 Å². The second kappa shape index (κ2) is 5.55. The number of hydrogen-bond donors (Lipinski definition) is 1. The Morgan fingerprint density at radius 1 is 1.44 bits per heavy atom. The average Bonchev–Trinajstić information content (AvgIpc) is 2.51. The van der Waals surface area contributed by atoms with Crippen LogP contribution in [0.4, 0.5) is 4.79 Å². The van der Waals surface area contributed by atoms with E-state index in [0.29, 0.717) is 0 Å². The Bertz CT molecular complexity index is 227. The summed E-state index contributed by atoms with van der Waals surface area (Å²) in [6, 6.07) is -0.0297. The zero-order valence-electron chi connectivity index (χ0n) is 10.7. The molecule has 0 heterocycles. The van der Waals surface area contributed by atoms with Crippen LogP contribution in [0.25, 0.3) is 0 Å². The first-order chi connectivity index (χ1) is 7.37. The maximum absolute atomic E-state index is 11.5. The summed E-state index contributed by atoms with van der Waals surface area (Å²) in [5, 5.41) is 2.79. The van der Waals surface area contributed by atoms with Gasteiger partial charge >= 0.3 is 6.09 Å². The van der Waals surface area contributed by atoms with Gasteiger partial charge in [-0.3, -0.25) is 0 Å². The molecular formula is C13H24NO2. The smallest absolute Gasteiger partial charge is 0.407 e. The number of ether oxygens (including phenoxy) is 1. The van der Waals surface area contributed by atoms with Gasteiger partial charge in [-0.15, -0.1) is 0 Å². The third-order valence-corrected chi connectivity index (χ3v) is 2.81. The second-order valence-electron chi connectivity index (χ2n) is 5.73. The summed E-state index contributed by atoms with van der Waals surface area (Å²) in [5.41, 5.74) is -0.433. The number of nitrogens with one attached hydrogen (secondary N) is 1. The molecule has 0 saturated heterocycles. The first kappa shape index (κ1) is 13.3. The molecule has 1 aliphatic rings. The maximum atomic E-state index is 11.5. The predicted molar refractivity (Wildman–Crippen MR) is 65.1 cm³/mol. The van der Waals surface area contributed by atoms with Gasteiger partial charge in [0.2, 0.25) is 0 Å². The standard InChI is InChI=1S/C13H24NO2/c1-10(9-11-7-5-6-8-11)14-12(15)16-13(2,3)4/h10-11H,1,5-9H2,2-4H3,(H,14,15)/t10-/m0/s1. The van der Waals surface area contributed by atoms with Crippen LogP contribution in [0.1, 0.15) is 52.9 Å². The van der Waals surface area contributed by atoms with E-state index in [-0.39, 0.29) is 12.1 Å². The van der Waals surface area contributed by atoms with E-state index in [4.69, 9.17) is 4.74 Å². The van der Waals surface area contributed by atoms with Crippen LogP contribution < -0.4 is 5.32 Å². The molecule has 1 amide bonds. The lowest BCUT2D eigenvalue weighted by molar-refractivity contribution is 0.0509. The molecule has 0 aromatic carbocycles. The number of amides is 1. The fraction of sp³-hybridized carbons (Fsp3) is 0.846. The van der Waals surface area contributed by atoms with E-state index in [9.17, 15) is 4.79 Å². The minimum atomic E-state index is -0.433. The molecule has 0 aromatic heterocycles. The lowest BCUT2D eigenvalue weighted by Gasteiger charge is -2.23. The summed E-state index contributed by atoms with van der Waals surface area (Å²) >= 11 is 0. The van der Waals surface area contributed by atoms with E-state index in [1.807, 2.05) is 20.8 Å². The topological polar surface area (TPSA) is 38.3 Å². The third kappa shape index (κ3) is 5.38. The predicted octanol–water partition coefficient (Wildman–Crippen LogP) is 3.29. The van der Waals surface area contributed by atoms with E-state index in [0.717, 1.165) is 12.3 Å². The monoisotopic (exact) mass is 226 g/mol. The zero-order chi connectivity index (χ0) is 12.2. The maximum Gasteiger partial charge on any atom is 0.407 e. The molecule has 3 nitrogen and oxygen atoms in total. The van der Waals surface area contributed by atoms with Crippen LogP contribution in [0.15, 0.2) is 0 Å². The van der Waals surface area contributed by atoms with E-state index in [2.05, 4.69) is 12.2 Å². The number of rotatable bonds is 3. The van der Waals surface area contributed by atoms with Crippen molar-refractivity contribution in [3.63, 3.8) is 0 Å². The molecule has 0 aliphatic heterocycles. The lowest BCUT2D eigenvalue weighted by atomic mass is 9.99. The molecule has 1 saturated carbocycles. The Morgan fingerprint density at radius 3 is 2.50 bits per heavy atom. The van der Waals surface area contributed by atoms with Gasteiger partial charge in [-0.2, -0.15) is 0 Å². The van der Waals surface area contributed by atoms with Gasteiger partial charge in [-0.05, 0) is 40.0 Å². The highest BCUT2D eigenvalue weighted by Crippen LogP contribution is 2.28. The molecule has 93 valence electrons. The van der Waals surface area contributed by atoms with Crippen molar-refractivity contribution in [2.24, 2.45) is 5.92 Å². The van der Waals surface area contributed by atoms with Crippen LogP contribution in [0.5, 0.6) is 0 Å². The Hall–Kier alpha value is -0.730. The molecule has 0 unspecified atom stereocenters. The van der Waals surface area contributed by atoms with Crippen molar-refractivity contribution in [3.05, 3.63) is 6.92 Å². The largest absolute Gasteiger partial charge is 0.444 e. The Balaban J connectivity index is 2.22. The Labute approximate surface area is 98.9 Å². The van der Waals surface area contributed by atoms with Crippen LogP contribution >= 0.6 is 0 Å². The SMILES string of the molecule is [CH2][C@@H](CC1CCCC1)NC(=O)OC(C)(C)C. The first-order valence-corrected chi connectivity index (χ1v) is 6.19. The van der Waals surface area contributed by atoms with Gasteiger partial charge < -0.3 is 10.1 Å². The fourth-order valence-corrected chi connectivity index (χ4v) is 2.18. The van der Waals surface area contributed by atoms with E-state index in [1.165, 1.54) is 25.7 Å². The zero-order valence-corrected chi connectivity index (χ0v) is 10.7. The molecule has 3 heteroatoms. The third-order valence-electron chi connectivity index (χ3n) is 2.81. The molecule has 1 rings (SSSR count). The van der Waals surface area contributed by atoms with Crippen molar-refractivity contribution in [2.45, 2.75) is 64.5 Å². The Morgan fingerprint density at radius 2 is 2.00 bits per heavy atom.